The molecule has 0 heterocycles. The Morgan fingerprint density at radius 2 is 2.06 bits per heavy atom. The highest BCUT2D eigenvalue weighted by molar-refractivity contribution is 6.31. The van der Waals surface area contributed by atoms with Crippen molar-refractivity contribution >= 4 is 17.6 Å². The standard InChI is InChI=1S/C13H18ClNO3/c1-4-17-11-6-8(3)10(14)7-9(11)12(15)13(16)18-5-2/h6-7,12H,4-5,15H2,1-3H3. The van der Waals surface area contributed by atoms with Crippen LogP contribution < -0.4 is 10.5 Å². The van der Waals surface area contributed by atoms with Crippen LogP contribution in [0.5, 0.6) is 5.75 Å². The maximum absolute atomic E-state index is 11.7. The third kappa shape index (κ3) is 3.37. The number of rotatable bonds is 5. The second kappa shape index (κ2) is 6.61. The smallest absolute Gasteiger partial charge is 0.327 e. The van der Waals surface area contributed by atoms with E-state index in [1.54, 1.807) is 19.1 Å². The maximum Gasteiger partial charge on any atom is 0.327 e. The lowest BCUT2D eigenvalue weighted by molar-refractivity contribution is -0.144. The van der Waals surface area contributed by atoms with Crippen molar-refractivity contribution in [3.05, 3.63) is 28.3 Å². The van der Waals surface area contributed by atoms with Gasteiger partial charge in [-0.25, -0.2) is 4.79 Å². The molecule has 0 bridgehead atoms. The quantitative estimate of drug-likeness (QED) is 0.836. The lowest BCUT2D eigenvalue weighted by Gasteiger charge is -2.17. The molecule has 18 heavy (non-hydrogen) atoms. The first-order valence-electron chi connectivity index (χ1n) is 5.86. The van der Waals surface area contributed by atoms with Crippen LogP contribution in [0.3, 0.4) is 0 Å². The Kier molecular flexibility index (Phi) is 5.44. The van der Waals surface area contributed by atoms with Crippen molar-refractivity contribution in [2.75, 3.05) is 13.2 Å². The van der Waals surface area contributed by atoms with Crippen LogP contribution in [0, 0.1) is 6.92 Å². The summed E-state index contributed by atoms with van der Waals surface area (Å²) in [6, 6.07) is 2.55. The van der Waals surface area contributed by atoms with Gasteiger partial charge in [-0.2, -0.15) is 0 Å². The van der Waals surface area contributed by atoms with Crippen molar-refractivity contribution in [1.82, 2.24) is 0 Å². The highest BCUT2D eigenvalue weighted by atomic mass is 35.5. The Morgan fingerprint density at radius 3 is 2.61 bits per heavy atom. The highest BCUT2D eigenvalue weighted by Crippen LogP contribution is 2.31. The molecule has 0 saturated carbocycles. The molecule has 1 aromatic rings. The van der Waals surface area contributed by atoms with Gasteiger partial charge in [-0.3, -0.25) is 0 Å². The molecule has 0 fully saturated rings. The van der Waals surface area contributed by atoms with Gasteiger partial charge in [0, 0.05) is 10.6 Å². The lowest BCUT2D eigenvalue weighted by Crippen LogP contribution is -2.24. The zero-order chi connectivity index (χ0) is 13.7. The van der Waals surface area contributed by atoms with Crippen LogP contribution in [-0.4, -0.2) is 19.2 Å². The molecule has 1 aromatic carbocycles. The van der Waals surface area contributed by atoms with Gasteiger partial charge < -0.3 is 15.2 Å². The molecule has 1 unspecified atom stereocenters. The minimum absolute atomic E-state index is 0.288. The SMILES string of the molecule is CCOC(=O)C(N)c1cc(Cl)c(C)cc1OCC. The second-order valence-electron chi connectivity index (χ2n) is 3.80. The predicted molar refractivity (Wildman–Crippen MR) is 70.9 cm³/mol. The van der Waals surface area contributed by atoms with E-state index in [2.05, 4.69) is 0 Å². The molecule has 0 saturated heterocycles. The first kappa shape index (κ1) is 14.8. The molecule has 100 valence electrons. The fourth-order valence-corrected chi connectivity index (χ4v) is 1.73. The fraction of sp³-hybridized carbons (Fsp3) is 0.462. The van der Waals surface area contributed by atoms with E-state index in [0.29, 0.717) is 22.9 Å². The molecule has 5 heteroatoms. The zero-order valence-corrected chi connectivity index (χ0v) is 11.6. The summed E-state index contributed by atoms with van der Waals surface area (Å²) in [6.45, 7) is 6.24. The zero-order valence-electron chi connectivity index (χ0n) is 10.8. The van der Waals surface area contributed by atoms with Gasteiger partial charge in [0.05, 0.1) is 13.2 Å². The van der Waals surface area contributed by atoms with Crippen molar-refractivity contribution in [3.63, 3.8) is 0 Å². The summed E-state index contributed by atoms with van der Waals surface area (Å²) >= 11 is 6.05. The van der Waals surface area contributed by atoms with Gasteiger partial charge in [-0.15, -0.1) is 0 Å². The minimum Gasteiger partial charge on any atom is -0.494 e. The summed E-state index contributed by atoms with van der Waals surface area (Å²) < 4.78 is 10.4. The lowest BCUT2D eigenvalue weighted by atomic mass is 10.0. The minimum atomic E-state index is -0.885. The number of carbonyl (C=O) groups is 1. The number of carbonyl (C=O) groups excluding carboxylic acids is 1. The van der Waals surface area contributed by atoms with Gasteiger partial charge in [0.1, 0.15) is 11.8 Å². The van der Waals surface area contributed by atoms with Crippen molar-refractivity contribution in [3.8, 4) is 5.75 Å². The van der Waals surface area contributed by atoms with E-state index >= 15 is 0 Å². The molecule has 0 spiro atoms. The number of hydrogen-bond acceptors (Lipinski definition) is 4. The molecule has 0 amide bonds. The Hall–Kier alpha value is -1.26. The first-order chi connectivity index (χ1) is 8.51. The average molecular weight is 272 g/mol. The third-order valence-electron chi connectivity index (χ3n) is 2.47. The number of halogens is 1. The van der Waals surface area contributed by atoms with Crippen LogP contribution in [0.15, 0.2) is 12.1 Å². The molecule has 0 radical (unpaired) electrons. The summed E-state index contributed by atoms with van der Waals surface area (Å²) in [7, 11) is 0. The maximum atomic E-state index is 11.7. The monoisotopic (exact) mass is 271 g/mol. The van der Waals surface area contributed by atoms with Crippen LogP contribution in [0.25, 0.3) is 0 Å². The van der Waals surface area contributed by atoms with E-state index in [1.807, 2.05) is 13.8 Å². The Labute approximate surface area is 112 Å². The fourth-order valence-electron chi connectivity index (χ4n) is 1.55. The molecule has 0 aliphatic carbocycles. The van der Waals surface area contributed by atoms with Crippen LogP contribution in [0.2, 0.25) is 5.02 Å². The number of hydrogen-bond donors (Lipinski definition) is 1. The number of ether oxygens (including phenoxy) is 2. The van der Waals surface area contributed by atoms with E-state index in [4.69, 9.17) is 26.8 Å². The van der Waals surface area contributed by atoms with Crippen molar-refractivity contribution < 1.29 is 14.3 Å². The summed E-state index contributed by atoms with van der Waals surface area (Å²) in [6.07, 6.45) is 0. The number of nitrogens with two attached hydrogens (primary N) is 1. The second-order valence-corrected chi connectivity index (χ2v) is 4.21. The van der Waals surface area contributed by atoms with Crippen LogP contribution in [0.1, 0.15) is 31.0 Å². The molecule has 2 N–H and O–H groups in total. The van der Waals surface area contributed by atoms with Gasteiger partial charge in [-0.1, -0.05) is 11.6 Å². The van der Waals surface area contributed by atoms with E-state index in [0.717, 1.165) is 5.56 Å². The Bertz CT molecular complexity index is 434. The van der Waals surface area contributed by atoms with Gasteiger partial charge in [0.25, 0.3) is 0 Å². The number of esters is 1. The number of benzene rings is 1. The molecule has 0 aliphatic heterocycles. The molecular weight excluding hydrogens is 254 g/mol. The van der Waals surface area contributed by atoms with Gasteiger partial charge in [-0.05, 0) is 38.5 Å². The summed E-state index contributed by atoms with van der Waals surface area (Å²) in [5.41, 5.74) is 7.28. The molecule has 4 nitrogen and oxygen atoms in total. The Balaban J connectivity index is 3.12. The number of aryl methyl sites for hydroxylation is 1. The molecule has 0 aliphatic rings. The topological polar surface area (TPSA) is 61.5 Å². The van der Waals surface area contributed by atoms with E-state index < -0.39 is 12.0 Å². The van der Waals surface area contributed by atoms with Crippen molar-refractivity contribution in [2.45, 2.75) is 26.8 Å². The van der Waals surface area contributed by atoms with Crippen LogP contribution in [-0.2, 0) is 9.53 Å². The van der Waals surface area contributed by atoms with E-state index in [1.165, 1.54) is 0 Å². The predicted octanol–water partition coefficient (Wildman–Crippen LogP) is 2.61. The summed E-state index contributed by atoms with van der Waals surface area (Å²) in [5.74, 6) is 0.0818. The van der Waals surface area contributed by atoms with Gasteiger partial charge >= 0.3 is 5.97 Å². The van der Waals surface area contributed by atoms with Crippen molar-refractivity contribution in [2.24, 2.45) is 5.73 Å². The van der Waals surface area contributed by atoms with E-state index in [9.17, 15) is 4.79 Å². The highest BCUT2D eigenvalue weighted by Gasteiger charge is 2.22. The van der Waals surface area contributed by atoms with E-state index in [-0.39, 0.29) is 6.61 Å². The summed E-state index contributed by atoms with van der Waals surface area (Å²) in [5, 5.41) is 0.549. The molecular formula is C13H18ClNO3. The average Bonchev–Trinajstić information content (AvgIpc) is 2.33. The summed E-state index contributed by atoms with van der Waals surface area (Å²) in [4.78, 5) is 11.7. The molecule has 1 atom stereocenters. The van der Waals surface area contributed by atoms with Crippen LogP contribution >= 0.6 is 11.6 Å². The van der Waals surface area contributed by atoms with Crippen molar-refractivity contribution in [1.29, 1.82) is 0 Å². The Morgan fingerprint density at radius 1 is 1.39 bits per heavy atom. The van der Waals surface area contributed by atoms with Crippen LogP contribution in [0.4, 0.5) is 0 Å². The normalized spacial score (nSPS) is 12.1. The van der Waals surface area contributed by atoms with Gasteiger partial charge in [0.15, 0.2) is 0 Å². The molecule has 0 aromatic heterocycles. The first-order valence-corrected chi connectivity index (χ1v) is 6.24. The largest absolute Gasteiger partial charge is 0.494 e. The van der Waals surface area contributed by atoms with Gasteiger partial charge in [0.2, 0.25) is 0 Å². The third-order valence-corrected chi connectivity index (χ3v) is 2.87. The molecule has 1 rings (SSSR count).